The third kappa shape index (κ3) is 3.90. The summed E-state index contributed by atoms with van der Waals surface area (Å²) in [5.74, 6) is -2.29. The molecule has 1 aromatic rings. The van der Waals surface area contributed by atoms with E-state index in [2.05, 4.69) is 5.32 Å². The molecule has 0 aliphatic rings. The van der Waals surface area contributed by atoms with E-state index < -0.39 is 35.1 Å². The summed E-state index contributed by atoms with van der Waals surface area (Å²) in [6.07, 6.45) is -0.213. The van der Waals surface area contributed by atoms with Gasteiger partial charge in [0, 0.05) is 24.1 Å². The lowest BCUT2D eigenvalue weighted by Crippen LogP contribution is -2.41. The Morgan fingerprint density at radius 3 is 2.60 bits per heavy atom. The van der Waals surface area contributed by atoms with Crippen LogP contribution in [0.5, 0.6) is 0 Å². The van der Waals surface area contributed by atoms with Crippen molar-refractivity contribution >= 4 is 29.2 Å². The van der Waals surface area contributed by atoms with E-state index in [0.29, 0.717) is 0 Å². The maximum Gasteiger partial charge on any atom is 0.326 e. The largest absolute Gasteiger partial charge is 0.480 e. The van der Waals surface area contributed by atoms with Crippen LogP contribution in [0.2, 0.25) is 5.02 Å². The van der Waals surface area contributed by atoms with Crippen LogP contribution in [0, 0.1) is 10.1 Å². The summed E-state index contributed by atoms with van der Waals surface area (Å²) >= 11 is 5.67. The summed E-state index contributed by atoms with van der Waals surface area (Å²) in [6.45, 7) is -0.450. The molecule has 0 saturated heterocycles. The van der Waals surface area contributed by atoms with Crippen molar-refractivity contribution in [2.45, 2.75) is 12.5 Å². The van der Waals surface area contributed by atoms with Gasteiger partial charge in [0.05, 0.1) is 4.92 Å². The highest BCUT2D eigenvalue weighted by molar-refractivity contribution is 6.31. The van der Waals surface area contributed by atoms with E-state index in [1.165, 1.54) is 6.07 Å². The fourth-order valence-electron chi connectivity index (χ4n) is 1.47. The lowest BCUT2D eigenvalue weighted by molar-refractivity contribution is -0.385. The summed E-state index contributed by atoms with van der Waals surface area (Å²) in [7, 11) is 0. The first-order chi connectivity index (χ1) is 9.36. The highest BCUT2D eigenvalue weighted by Crippen LogP contribution is 2.22. The molecule has 0 aliphatic carbocycles. The van der Waals surface area contributed by atoms with Crippen LogP contribution in [0.4, 0.5) is 5.69 Å². The number of nitro groups is 1. The molecule has 1 aromatic carbocycles. The average Bonchev–Trinajstić information content (AvgIpc) is 2.37. The minimum atomic E-state index is -1.35. The fourth-order valence-corrected chi connectivity index (χ4v) is 1.64. The zero-order valence-corrected chi connectivity index (χ0v) is 10.8. The molecular formula is C11H11ClN2O6. The van der Waals surface area contributed by atoms with Gasteiger partial charge in [-0.3, -0.25) is 14.9 Å². The van der Waals surface area contributed by atoms with Crippen molar-refractivity contribution in [3.63, 3.8) is 0 Å². The van der Waals surface area contributed by atoms with Crippen molar-refractivity contribution < 1.29 is 24.7 Å². The second-order valence-electron chi connectivity index (χ2n) is 3.80. The zero-order chi connectivity index (χ0) is 15.3. The molecule has 3 N–H and O–H groups in total. The van der Waals surface area contributed by atoms with E-state index in [-0.39, 0.29) is 17.0 Å². The number of aliphatic hydroxyl groups is 1. The summed E-state index contributed by atoms with van der Waals surface area (Å²) < 4.78 is 0. The number of hydrogen-bond donors (Lipinski definition) is 3. The number of carbonyl (C=O) groups is 2. The third-order valence-electron chi connectivity index (χ3n) is 2.42. The third-order valence-corrected chi connectivity index (χ3v) is 2.66. The second kappa shape index (κ2) is 6.83. The number of aliphatic carboxylic acids is 1. The minimum absolute atomic E-state index is 0.106. The molecule has 0 unspecified atom stereocenters. The lowest BCUT2D eigenvalue weighted by atomic mass is 10.1. The standard InChI is InChI=1S/C11H11ClN2O6/c12-6-1-2-9(14(19)20)7(5-6)10(16)13-8(3-4-15)11(17)18/h1-2,5,8,15H,3-4H2,(H,13,16)(H,17,18)/t8-/m1/s1. The number of nitrogens with zero attached hydrogens (tertiary/aromatic N) is 1. The molecular weight excluding hydrogens is 292 g/mol. The van der Waals surface area contributed by atoms with E-state index in [4.69, 9.17) is 21.8 Å². The summed E-state index contributed by atoms with van der Waals surface area (Å²) in [5.41, 5.74) is -0.827. The monoisotopic (exact) mass is 302 g/mol. The van der Waals surface area contributed by atoms with Crippen LogP contribution in [0.25, 0.3) is 0 Å². The van der Waals surface area contributed by atoms with Crippen LogP contribution in [-0.4, -0.2) is 39.7 Å². The predicted octanol–water partition coefficient (Wildman–Crippen LogP) is 0.814. The molecule has 20 heavy (non-hydrogen) atoms. The van der Waals surface area contributed by atoms with E-state index in [1.54, 1.807) is 0 Å². The number of nitro benzene ring substituents is 1. The van der Waals surface area contributed by atoms with Gasteiger partial charge in [-0.1, -0.05) is 11.6 Å². The van der Waals surface area contributed by atoms with Crippen LogP contribution in [0.1, 0.15) is 16.8 Å². The molecule has 0 fully saturated rings. The quantitative estimate of drug-likeness (QED) is 0.526. The Morgan fingerprint density at radius 2 is 2.10 bits per heavy atom. The normalized spacial score (nSPS) is 11.7. The highest BCUT2D eigenvalue weighted by atomic mass is 35.5. The second-order valence-corrected chi connectivity index (χ2v) is 4.23. The van der Waals surface area contributed by atoms with Gasteiger partial charge in [-0.2, -0.15) is 0 Å². The van der Waals surface area contributed by atoms with E-state index in [0.717, 1.165) is 12.1 Å². The van der Waals surface area contributed by atoms with E-state index >= 15 is 0 Å². The molecule has 1 atom stereocenters. The van der Waals surface area contributed by atoms with E-state index in [1.807, 2.05) is 0 Å². The molecule has 0 bridgehead atoms. The molecule has 1 amide bonds. The van der Waals surface area contributed by atoms with Crippen LogP contribution >= 0.6 is 11.6 Å². The van der Waals surface area contributed by atoms with Gasteiger partial charge in [0.15, 0.2) is 0 Å². The molecule has 0 saturated carbocycles. The Morgan fingerprint density at radius 1 is 1.45 bits per heavy atom. The molecule has 0 aliphatic heterocycles. The summed E-state index contributed by atoms with van der Waals surface area (Å²) in [5, 5.41) is 30.6. The predicted molar refractivity (Wildman–Crippen MR) is 68.7 cm³/mol. The Balaban J connectivity index is 3.05. The van der Waals surface area contributed by atoms with Gasteiger partial charge in [0.2, 0.25) is 0 Å². The molecule has 0 aromatic heterocycles. The number of carboxylic acids is 1. The van der Waals surface area contributed by atoms with Crippen molar-refractivity contribution in [2.75, 3.05) is 6.61 Å². The lowest BCUT2D eigenvalue weighted by Gasteiger charge is -2.13. The molecule has 0 spiro atoms. The van der Waals surface area contributed by atoms with Gasteiger partial charge in [-0.15, -0.1) is 0 Å². The van der Waals surface area contributed by atoms with Crippen molar-refractivity contribution in [1.82, 2.24) is 5.32 Å². The van der Waals surface area contributed by atoms with Crippen LogP contribution in [0.15, 0.2) is 18.2 Å². The van der Waals surface area contributed by atoms with Crippen LogP contribution in [0.3, 0.4) is 0 Å². The van der Waals surface area contributed by atoms with Gasteiger partial charge in [-0.05, 0) is 12.1 Å². The number of carboxylic acid groups (broad SMARTS) is 1. The maximum absolute atomic E-state index is 11.9. The zero-order valence-electron chi connectivity index (χ0n) is 10.1. The molecule has 0 heterocycles. The van der Waals surface area contributed by atoms with E-state index in [9.17, 15) is 19.7 Å². The first kappa shape index (κ1) is 15.9. The minimum Gasteiger partial charge on any atom is -0.480 e. The molecule has 108 valence electrons. The Labute approximate surface area is 118 Å². The molecule has 9 heteroatoms. The first-order valence-electron chi connectivity index (χ1n) is 5.45. The summed E-state index contributed by atoms with van der Waals surface area (Å²) in [4.78, 5) is 32.8. The topological polar surface area (TPSA) is 130 Å². The van der Waals surface area contributed by atoms with Crippen molar-refractivity contribution in [2.24, 2.45) is 0 Å². The highest BCUT2D eigenvalue weighted by Gasteiger charge is 2.25. The number of carbonyl (C=O) groups excluding carboxylic acids is 1. The Kier molecular flexibility index (Phi) is 5.42. The van der Waals surface area contributed by atoms with Crippen molar-refractivity contribution in [1.29, 1.82) is 0 Å². The fraction of sp³-hybridized carbons (Fsp3) is 0.273. The first-order valence-corrected chi connectivity index (χ1v) is 5.83. The summed E-state index contributed by atoms with van der Waals surface area (Å²) in [6, 6.07) is 2.04. The number of nitrogens with one attached hydrogen (secondary N) is 1. The number of rotatable bonds is 6. The molecule has 0 radical (unpaired) electrons. The Bertz CT molecular complexity index is 548. The number of halogens is 1. The van der Waals surface area contributed by atoms with Gasteiger partial charge in [-0.25, -0.2) is 4.79 Å². The maximum atomic E-state index is 11.9. The number of benzene rings is 1. The van der Waals surface area contributed by atoms with Gasteiger partial charge in [0.1, 0.15) is 11.6 Å². The smallest absolute Gasteiger partial charge is 0.326 e. The van der Waals surface area contributed by atoms with Gasteiger partial charge < -0.3 is 15.5 Å². The Hall–Kier alpha value is -2.19. The van der Waals surface area contributed by atoms with Gasteiger partial charge in [0.25, 0.3) is 11.6 Å². The SMILES string of the molecule is O=C(N[C@H](CCO)C(=O)O)c1cc(Cl)ccc1[N+](=O)[O-]. The van der Waals surface area contributed by atoms with Gasteiger partial charge >= 0.3 is 5.97 Å². The average molecular weight is 303 g/mol. The van der Waals surface area contributed by atoms with Crippen molar-refractivity contribution in [3.8, 4) is 0 Å². The number of hydrogen-bond acceptors (Lipinski definition) is 5. The molecule has 8 nitrogen and oxygen atoms in total. The van der Waals surface area contributed by atoms with Crippen LogP contribution < -0.4 is 5.32 Å². The van der Waals surface area contributed by atoms with Crippen LogP contribution in [-0.2, 0) is 4.79 Å². The number of aliphatic hydroxyl groups excluding tert-OH is 1. The molecule has 1 rings (SSSR count). The van der Waals surface area contributed by atoms with Crippen molar-refractivity contribution in [3.05, 3.63) is 38.9 Å². The number of amides is 1.